The largest absolute Gasteiger partial charge is 0.496 e. The highest BCUT2D eigenvalue weighted by atomic mass is 16.5. The van der Waals surface area contributed by atoms with Crippen LogP contribution in [0.3, 0.4) is 0 Å². The lowest BCUT2D eigenvalue weighted by Gasteiger charge is -2.28. The van der Waals surface area contributed by atoms with Gasteiger partial charge in [0.2, 0.25) is 0 Å². The fourth-order valence-corrected chi connectivity index (χ4v) is 3.98. The minimum absolute atomic E-state index is 0.0212. The van der Waals surface area contributed by atoms with Gasteiger partial charge in [-0.05, 0) is 31.4 Å². The molecule has 0 N–H and O–H groups in total. The number of ether oxygens (including phenoxy) is 2. The van der Waals surface area contributed by atoms with Crippen molar-refractivity contribution < 1.29 is 23.9 Å². The van der Waals surface area contributed by atoms with Gasteiger partial charge < -0.3 is 9.47 Å². The SMILES string of the molecule is COc1c2c(c(OC)c3c1C(=O)c1ccccc1C3=O)CCC(C(C)=O)=C2. The number of ketones is 3. The van der Waals surface area contributed by atoms with Crippen molar-refractivity contribution in [2.24, 2.45) is 0 Å². The zero-order chi connectivity index (χ0) is 19.3. The summed E-state index contributed by atoms with van der Waals surface area (Å²) in [6.07, 6.45) is 2.84. The maximum atomic E-state index is 13.2. The molecule has 5 nitrogen and oxygen atoms in total. The molecule has 2 aromatic carbocycles. The van der Waals surface area contributed by atoms with Crippen LogP contribution in [0.25, 0.3) is 6.08 Å². The number of methoxy groups -OCH3 is 2. The van der Waals surface area contributed by atoms with Gasteiger partial charge in [0, 0.05) is 22.3 Å². The lowest BCUT2D eigenvalue weighted by molar-refractivity contribution is -0.113. The Hall–Kier alpha value is -3.21. The van der Waals surface area contributed by atoms with Crippen molar-refractivity contribution in [3.05, 3.63) is 63.2 Å². The molecule has 0 unspecified atom stereocenters. The van der Waals surface area contributed by atoms with Gasteiger partial charge in [-0.25, -0.2) is 0 Å². The van der Waals surface area contributed by atoms with E-state index in [0.717, 1.165) is 5.56 Å². The molecule has 0 saturated heterocycles. The Kier molecular flexibility index (Phi) is 3.95. The molecule has 2 aliphatic rings. The third-order valence-electron chi connectivity index (χ3n) is 5.24. The van der Waals surface area contributed by atoms with Crippen LogP contribution in [-0.4, -0.2) is 31.6 Å². The summed E-state index contributed by atoms with van der Waals surface area (Å²) in [6, 6.07) is 6.75. The van der Waals surface area contributed by atoms with Gasteiger partial charge in [0.15, 0.2) is 17.3 Å². The third-order valence-corrected chi connectivity index (χ3v) is 5.24. The minimum Gasteiger partial charge on any atom is -0.496 e. The van der Waals surface area contributed by atoms with Crippen LogP contribution in [0.1, 0.15) is 56.3 Å². The molecule has 0 spiro atoms. The number of benzene rings is 2. The highest BCUT2D eigenvalue weighted by Crippen LogP contribution is 2.46. The van der Waals surface area contributed by atoms with Crippen LogP contribution < -0.4 is 9.47 Å². The lowest BCUT2D eigenvalue weighted by Crippen LogP contribution is -2.24. The molecule has 0 aromatic heterocycles. The van der Waals surface area contributed by atoms with Crippen LogP contribution in [0.2, 0.25) is 0 Å². The maximum Gasteiger partial charge on any atom is 0.198 e. The molecule has 0 fully saturated rings. The summed E-state index contributed by atoms with van der Waals surface area (Å²) in [6.45, 7) is 1.52. The third kappa shape index (κ3) is 2.35. The number of carbonyl (C=O) groups is 3. The molecule has 0 saturated carbocycles. The molecule has 136 valence electrons. The highest BCUT2D eigenvalue weighted by Gasteiger charge is 2.38. The first-order chi connectivity index (χ1) is 13.0. The predicted molar refractivity (Wildman–Crippen MR) is 99.8 cm³/mol. The molecule has 0 amide bonds. The molecule has 5 heteroatoms. The number of carbonyl (C=O) groups excluding carboxylic acids is 3. The number of fused-ring (bicyclic) bond motifs is 3. The summed E-state index contributed by atoms with van der Waals surface area (Å²) in [5.41, 5.74) is 3.27. The minimum atomic E-state index is -0.276. The molecule has 27 heavy (non-hydrogen) atoms. The van der Waals surface area contributed by atoms with Gasteiger partial charge in [-0.3, -0.25) is 14.4 Å². The van der Waals surface area contributed by atoms with Crippen LogP contribution in [0.4, 0.5) is 0 Å². The zero-order valence-corrected chi connectivity index (χ0v) is 15.3. The molecule has 4 rings (SSSR count). The van der Waals surface area contributed by atoms with E-state index in [1.165, 1.54) is 21.1 Å². The van der Waals surface area contributed by atoms with Crippen LogP contribution >= 0.6 is 0 Å². The van der Waals surface area contributed by atoms with E-state index >= 15 is 0 Å². The molecule has 0 bridgehead atoms. The Balaban J connectivity index is 2.11. The molecule has 0 aliphatic heterocycles. The second-order valence-electron chi connectivity index (χ2n) is 6.64. The Morgan fingerprint density at radius 2 is 1.44 bits per heavy atom. The van der Waals surface area contributed by atoms with Crippen LogP contribution in [0.15, 0.2) is 29.8 Å². The van der Waals surface area contributed by atoms with Gasteiger partial charge in [-0.1, -0.05) is 24.3 Å². The van der Waals surface area contributed by atoms with Crippen molar-refractivity contribution in [1.82, 2.24) is 0 Å². The van der Waals surface area contributed by atoms with E-state index in [4.69, 9.17) is 9.47 Å². The van der Waals surface area contributed by atoms with Crippen molar-refractivity contribution in [2.45, 2.75) is 19.8 Å². The van der Waals surface area contributed by atoms with E-state index in [1.54, 1.807) is 30.3 Å². The smallest absolute Gasteiger partial charge is 0.198 e. The monoisotopic (exact) mass is 362 g/mol. The number of hydrogen-bond acceptors (Lipinski definition) is 5. The first-order valence-electron chi connectivity index (χ1n) is 8.70. The number of Topliss-reactive ketones (excluding diaryl/α,β-unsaturated/α-hetero) is 1. The Labute approximate surface area is 156 Å². The van der Waals surface area contributed by atoms with Crippen molar-refractivity contribution >= 4 is 23.4 Å². The molecule has 0 radical (unpaired) electrons. The lowest BCUT2D eigenvalue weighted by atomic mass is 9.78. The molecule has 0 heterocycles. The van der Waals surface area contributed by atoms with Crippen molar-refractivity contribution in [1.29, 1.82) is 0 Å². The van der Waals surface area contributed by atoms with E-state index in [2.05, 4.69) is 0 Å². The van der Waals surface area contributed by atoms with Crippen LogP contribution in [-0.2, 0) is 11.2 Å². The first kappa shape index (κ1) is 17.2. The average molecular weight is 362 g/mol. The molecular formula is C22H18O5. The second-order valence-corrected chi connectivity index (χ2v) is 6.64. The van der Waals surface area contributed by atoms with E-state index in [1.807, 2.05) is 0 Å². The van der Waals surface area contributed by atoms with E-state index in [0.29, 0.717) is 46.6 Å². The second kappa shape index (κ2) is 6.20. The van der Waals surface area contributed by atoms with Crippen molar-refractivity contribution in [2.75, 3.05) is 14.2 Å². The number of hydrogen-bond donors (Lipinski definition) is 0. The molecular weight excluding hydrogens is 344 g/mol. The molecule has 0 atom stereocenters. The van der Waals surface area contributed by atoms with Crippen LogP contribution in [0.5, 0.6) is 11.5 Å². The van der Waals surface area contributed by atoms with E-state index in [9.17, 15) is 14.4 Å². The highest BCUT2D eigenvalue weighted by molar-refractivity contribution is 6.30. The summed E-state index contributed by atoms with van der Waals surface area (Å²) in [5, 5.41) is 0. The Bertz CT molecular complexity index is 1060. The summed E-state index contributed by atoms with van der Waals surface area (Å²) in [7, 11) is 2.96. The topological polar surface area (TPSA) is 69.7 Å². The summed E-state index contributed by atoms with van der Waals surface area (Å²) in [4.78, 5) is 38.3. The zero-order valence-electron chi connectivity index (χ0n) is 15.3. The Morgan fingerprint density at radius 1 is 0.889 bits per heavy atom. The van der Waals surface area contributed by atoms with Gasteiger partial charge in [0.25, 0.3) is 0 Å². The summed E-state index contributed by atoms with van der Waals surface area (Å²) in [5.74, 6) is 0.174. The Morgan fingerprint density at radius 3 is 1.96 bits per heavy atom. The van der Waals surface area contributed by atoms with E-state index in [-0.39, 0.29) is 28.5 Å². The quantitative estimate of drug-likeness (QED) is 0.714. The van der Waals surface area contributed by atoms with Gasteiger partial charge in [-0.15, -0.1) is 0 Å². The van der Waals surface area contributed by atoms with Gasteiger partial charge in [-0.2, -0.15) is 0 Å². The van der Waals surface area contributed by atoms with Crippen molar-refractivity contribution in [3.63, 3.8) is 0 Å². The summed E-state index contributed by atoms with van der Waals surface area (Å²) >= 11 is 0. The average Bonchev–Trinajstić information content (AvgIpc) is 2.69. The van der Waals surface area contributed by atoms with Gasteiger partial charge in [0.1, 0.15) is 11.5 Å². The first-order valence-corrected chi connectivity index (χ1v) is 8.70. The fourth-order valence-electron chi connectivity index (χ4n) is 3.98. The predicted octanol–water partition coefficient (Wildman–Crippen LogP) is 3.40. The normalized spacial score (nSPS) is 14.7. The summed E-state index contributed by atoms with van der Waals surface area (Å²) < 4.78 is 11.2. The van der Waals surface area contributed by atoms with Gasteiger partial charge in [0.05, 0.1) is 25.3 Å². The number of rotatable bonds is 3. The molecule has 2 aromatic rings. The maximum absolute atomic E-state index is 13.2. The van der Waals surface area contributed by atoms with E-state index < -0.39 is 0 Å². The van der Waals surface area contributed by atoms with Crippen LogP contribution in [0, 0.1) is 0 Å². The fraction of sp³-hybridized carbons (Fsp3) is 0.227. The van der Waals surface area contributed by atoms with Crippen molar-refractivity contribution in [3.8, 4) is 11.5 Å². The van der Waals surface area contributed by atoms with Gasteiger partial charge >= 0.3 is 0 Å². The molecule has 2 aliphatic carbocycles. The standard InChI is InChI=1S/C22H18O5/c1-11(23)12-8-9-15-16(10-12)22(27-3)18-17(21(15)26-2)19(24)13-6-4-5-7-14(13)20(18)25/h4-7,10H,8-9H2,1-3H3. The number of allylic oxidation sites excluding steroid dienone is 1.